The number of hydrogen-bond donors (Lipinski definition) is 1. The maximum atomic E-state index is 15.2. The minimum atomic E-state index is -4.21. The number of halogens is 1. The second kappa shape index (κ2) is 15.4. The first kappa shape index (κ1) is 33.9. The molecule has 1 saturated carbocycles. The first-order valence-electron chi connectivity index (χ1n) is 16.1. The molecule has 0 saturated heterocycles. The van der Waals surface area contributed by atoms with E-state index in [0.29, 0.717) is 5.69 Å². The molecular weight excluding hydrogens is 614 g/mol. The summed E-state index contributed by atoms with van der Waals surface area (Å²) in [5.41, 5.74) is 3.05. The zero-order valence-corrected chi connectivity index (χ0v) is 27.8. The van der Waals surface area contributed by atoms with Crippen molar-refractivity contribution in [2.24, 2.45) is 0 Å². The summed E-state index contributed by atoms with van der Waals surface area (Å²) in [6.07, 6.45) is 5.00. The van der Waals surface area contributed by atoms with Crippen LogP contribution < -0.4 is 9.62 Å². The number of benzene rings is 4. The molecule has 1 fully saturated rings. The van der Waals surface area contributed by atoms with Crippen LogP contribution in [0.25, 0.3) is 0 Å². The molecule has 4 aromatic carbocycles. The van der Waals surface area contributed by atoms with Crippen LogP contribution in [-0.2, 0) is 32.6 Å². The lowest BCUT2D eigenvalue weighted by Gasteiger charge is -2.35. The van der Waals surface area contributed by atoms with Crippen molar-refractivity contribution in [1.82, 2.24) is 10.2 Å². The first-order chi connectivity index (χ1) is 22.6. The van der Waals surface area contributed by atoms with E-state index in [1.54, 1.807) is 48.5 Å². The number of aryl methyl sites for hydroxylation is 2. The summed E-state index contributed by atoms with van der Waals surface area (Å²) in [6.45, 7) is 2.92. The van der Waals surface area contributed by atoms with E-state index in [9.17, 15) is 18.0 Å². The van der Waals surface area contributed by atoms with Crippen molar-refractivity contribution in [2.75, 3.05) is 10.8 Å². The second-order valence-electron chi connectivity index (χ2n) is 12.3. The standard InChI is InChI=1S/C38H42FN3O4S/c1-28-22-29(2)24-33(23-28)42(47(45,46)34-19-10-5-11-20-34)27-37(43)41(26-31-16-12-13-21-35(31)39)36(25-30-14-6-3-7-15-30)38(44)40-32-17-8-4-9-18-32/h3,5-7,10-16,19-24,32,36H,4,8-9,17-18,25-27H2,1-2H3,(H,40,44)/t36-/m1/s1. The predicted molar refractivity (Wildman–Crippen MR) is 183 cm³/mol. The van der Waals surface area contributed by atoms with Gasteiger partial charge in [-0.2, -0.15) is 0 Å². The van der Waals surface area contributed by atoms with Crippen LogP contribution in [0.1, 0.15) is 54.4 Å². The predicted octanol–water partition coefficient (Wildman–Crippen LogP) is 6.73. The average molecular weight is 656 g/mol. The highest BCUT2D eigenvalue weighted by molar-refractivity contribution is 7.92. The van der Waals surface area contributed by atoms with Gasteiger partial charge >= 0.3 is 0 Å². The molecule has 9 heteroatoms. The van der Waals surface area contributed by atoms with Gasteiger partial charge in [0, 0.05) is 24.6 Å². The van der Waals surface area contributed by atoms with Gasteiger partial charge in [0.05, 0.1) is 10.6 Å². The zero-order chi connectivity index (χ0) is 33.4. The van der Waals surface area contributed by atoms with E-state index in [4.69, 9.17) is 0 Å². The summed E-state index contributed by atoms with van der Waals surface area (Å²) >= 11 is 0. The van der Waals surface area contributed by atoms with Gasteiger partial charge < -0.3 is 10.2 Å². The van der Waals surface area contributed by atoms with Crippen molar-refractivity contribution in [1.29, 1.82) is 0 Å². The lowest BCUT2D eigenvalue weighted by Crippen LogP contribution is -2.55. The third-order valence-electron chi connectivity index (χ3n) is 8.63. The van der Waals surface area contributed by atoms with Crippen molar-refractivity contribution >= 4 is 27.5 Å². The van der Waals surface area contributed by atoms with Crippen molar-refractivity contribution in [3.05, 3.63) is 131 Å². The van der Waals surface area contributed by atoms with Gasteiger partial charge in [0.1, 0.15) is 18.4 Å². The fourth-order valence-corrected chi connectivity index (χ4v) is 7.67. The van der Waals surface area contributed by atoms with Gasteiger partial charge in [0.15, 0.2) is 0 Å². The highest BCUT2D eigenvalue weighted by Gasteiger charge is 2.36. The zero-order valence-electron chi connectivity index (χ0n) is 26.9. The lowest BCUT2D eigenvalue weighted by atomic mass is 9.94. The van der Waals surface area contributed by atoms with E-state index in [0.717, 1.165) is 53.1 Å². The average Bonchev–Trinajstić information content (AvgIpc) is 3.06. The van der Waals surface area contributed by atoms with Crippen molar-refractivity contribution in [3.8, 4) is 0 Å². The Kier molecular flexibility index (Phi) is 11.1. The fraction of sp³-hybridized carbons (Fsp3) is 0.316. The molecule has 0 radical (unpaired) electrons. The molecule has 0 bridgehead atoms. The molecule has 0 unspecified atom stereocenters. The van der Waals surface area contributed by atoms with Crippen LogP contribution in [0.5, 0.6) is 0 Å². The smallest absolute Gasteiger partial charge is 0.264 e. The maximum absolute atomic E-state index is 15.2. The summed E-state index contributed by atoms with van der Waals surface area (Å²) in [6, 6.07) is 27.8. The van der Waals surface area contributed by atoms with Crippen molar-refractivity contribution in [3.63, 3.8) is 0 Å². The molecule has 47 heavy (non-hydrogen) atoms. The highest BCUT2D eigenvalue weighted by Crippen LogP contribution is 2.27. The largest absolute Gasteiger partial charge is 0.352 e. The number of sulfonamides is 1. The Bertz CT molecular complexity index is 1760. The minimum Gasteiger partial charge on any atom is -0.352 e. The van der Waals surface area contributed by atoms with Crippen LogP contribution in [-0.4, -0.2) is 43.8 Å². The number of anilines is 1. The van der Waals surface area contributed by atoms with Gasteiger partial charge in [0.2, 0.25) is 11.8 Å². The molecule has 1 N–H and O–H groups in total. The molecule has 0 heterocycles. The van der Waals surface area contributed by atoms with E-state index in [-0.39, 0.29) is 35.4 Å². The molecule has 7 nitrogen and oxygen atoms in total. The van der Waals surface area contributed by atoms with Gasteiger partial charge in [-0.15, -0.1) is 0 Å². The van der Waals surface area contributed by atoms with E-state index in [1.807, 2.05) is 50.2 Å². The van der Waals surface area contributed by atoms with Crippen molar-refractivity contribution in [2.45, 2.75) is 75.9 Å². The Morgan fingerprint density at radius 3 is 2.06 bits per heavy atom. The first-order valence-corrected chi connectivity index (χ1v) is 17.6. The van der Waals surface area contributed by atoms with Crippen LogP contribution >= 0.6 is 0 Å². The molecule has 0 spiro atoms. The van der Waals surface area contributed by atoms with Crippen LogP contribution in [0.3, 0.4) is 0 Å². The number of carbonyl (C=O) groups is 2. The molecule has 0 aliphatic heterocycles. The minimum absolute atomic E-state index is 0.0230. The second-order valence-corrected chi connectivity index (χ2v) is 14.2. The number of carbonyl (C=O) groups excluding carboxylic acids is 2. The Labute approximate surface area is 277 Å². The van der Waals surface area contributed by atoms with E-state index < -0.39 is 34.3 Å². The topological polar surface area (TPSA) is 86.8 Å². The number of nitrogens with one attached hydrogen (secondary N) is 1. The van der Waals surface area contributed by atoms with Gasteiger partial charge in [0.25, 0.3) is 10.0 Å². The highest BCUT2D eigenvalue weighted by atomic mass is 32.2. The van der Waals surface area contributed by atoms with Crippen LogP contribution in [0.4, 0.5) is 10.1 Å². The molecule has 4 aromatic rings. The maximum Gasteiger partial charge on any atom is 0.264 e. The molecule has 1 atom stereocenters. The van der Waals surface area contributed by atoms with E-state index in [2.05, 4.69) is 5.32 Å². The summed E-state index contributed by atoms with van der Waals surface area (Å²) < 4.78 is 44.7. The normalized spacial score (nSPS) is 14.3. The number of hydrogen-bond acceptors (Lipinski definition) is 4. The molecule has 1 aliphatic rings. The van der Waals surface area contributed by atoms with Gasteiger partial charge in [-0.3, -0.25) is 13.9 Å². The number of nitrogens with zero attached hydrogens (tertiary/aromatic N) is 2. The summed E-state index contributed by atoms with van der Waals surface area (Å²) in [5.74, 6) is -1.47. The number of amides is 2. The Morgan fingerprint density at radius 2 is 1.43 bits per heavy atom. The third-order valence-corrected chi connectivity index (χ3v) is 10.4. The Morgan fingerprint density at radius 1 is 0.830 bits per heavy atom. The Balaban J connectivity index is 1.58. The SMILES string of the molecule is Cc1cc(C)cc(N(CC(=O)N(Cc2ccccc2F)[C@H](Cc2ccccc2)C(=O)NC2CCCCC2)S(=O)(=O)c2ccccc2)c1. The lowest BCUT2D eigenvalue weighted by molar-refractivity contribution is -0.140. The molecular formula is C38H42FN3O4S. The monoisotopic (exact) mass is 655 g/mol. The number of rotatable bonds is 12. The molecule has 2 amide bonds. The van der Waals surface area contributed by atoms with Crippen LogP contribution in [0.2, 0.25) is 0 Å². The van der Waals surface area contributed by atoms with E-state index in [1.165, 1.54) is 23.1 Å². The fourth-order valence-electron chi connectivity index (χ4n) is 6.25. The molecule has 5 rings (SSSR count). The third kappa shape index (κ3) is 8.65. The summed E-state index contributed by atoms with van der Waals surface area (Å²) in [4.78, 5) is 30.2. The summed E-state index contributed by atoms with van der Waals surface area (Å²) in [5, 5.41) is 3.17. The molecule has 1 aliphatic carbocycles. The Hall–Kier alpha value is -4.50. The molecule has 246 valence electrons. The quantitative estimate of drug-likeness (QED) is 0.184. The van der Waals surface area contributed by atoms with Crippen LogP contribution in [0, 0.1) is 19.7 Å². The van der Waals surface area contributed by atoms with Gasteiger partial charge in [-0.25, -0.2) is 12.8 Å². The molecule has 0 aromatic heterocycles. The van der Waals surface area contributed by atoms with Gasteiger partial charge in [-0.05, 0) is 73.7 Å². The summed E-state index contributed by atoms with van der Waals surface area (Å²) in [7, 11) is -4.21. The van der Waals surface area contributed by atoms with Gasteiger partial charge in [-0.1, -0.05) is 92.1 Å². The van der Waals surface area contributed by atoms with Crippen molar-refractivity contribution < 1.29 is 22.4 Å². The van der Waals surface area contributed by atoms with E-state index >= 15 is 4.39 Å². The van der Waals surface area contributed by atoms with Crippen LogP contribution in [0.15, 0.2) is 108 Å².